The number of benzene rings is 2. The van der Waals surface area contributed by atoms with Crippen molar-refractivity contribution in [3.05, 3.63) is 58.9 Å². The van der Waals surface area contributed by atoms with E-state index in [4.69, 9.17) is 5.11 Å². The highest BCUT2D eigenvalue weighted by atomic mass is 32.2. The van der Waals surface area contributed by atoms with Gasteiger partial charge in [0.15, 0.2) is 0 Å². The van der Waals surface area contributed by atoms with Crippen LogP contribution < -0.4 is 9.62 Å². The van der Waals surface area contributed by atoms with Gasteiger partial charge in [-0.2, -0.15) is 0 Å². The molecule has 28 heavy (non-hydrogen) atoms. The molecule has 0 saturated heterocycles. The van der Waals surface area contributed by atoms with E-state index in [1.54, 1.807) is 24.9 Å². The molecule has 6 heteroatoms. The molecule has 0 spiro atoms. The molecule has 1 aliphatic rings. The smallest absolute Gasteiger partial charge is 0.303 e. The summed E-state index contributed by atoms with van der Waals surface area (Å²) in [5, 5.41) is 12.3. The molecule has 1 aliphatic heterocycles. The van der Waals surface area contributed by atoms with Crippen molar-refractivity contribution in [2.24, 2.45) is 0 Å². The highest BCUT2D eigenvalue weighted by molar-refractivity contribution is 8.00. The number of anilines is 1. The number of nitrogens with one attached hydrogen (secondary N) is 1. The fourth-order valence-corrected chi connectivity index (χ4v) is 4.65. The van der Waals surface area contributed by atoms with Gasteiger partial charge in [-0.05, 0) is 73.1 Å². The predicted octanol–water partition coefficient (Wildman–Crippen LogP) is 5.31. The number of carbonyl (C=O) groups is 1. The van der Waals surface area contributed by atoms with Gasteiger partial charge in [0.05, 0.1) is 11.7 Å². The molecule has 3 rings (SSSR count). The first-order valence-corrected chi connectivity index (χ1v) is 10.5. The number of para-hydroxylation sites is 1. The highest BCUT2D eigenvalue weighted by Crippen LogP contribution is 2.43. The van der Waals surface area contributed by atoms with Crippen molar-refractivity contribution < 1.29 is 14.3 Å². The molecule has 1 unspecified atom stereocenters. The minimum absolute atomic E-state index is 0.0715. The number of carboxylic acids is 1. The third-order valence-electron chi connectivity index (χ3n) is 5.09. The zero-order chi connectivity index (χ0) is 20.1. The van der Waals surface area contributed by atoms with Gasteiger partial charge in [0, 0.05) is 18.4 Å². The monoisotopic (exact) mass is 402 g/mol. The molecule has 0 bridgehead atoms. The van der Waals surface area contributed by atoms with E-state index in [0.29, 0.717) is 5.56 Å². The second-order valence-electron chi connectivity index (χ2n) is 7.23. The minimum atomic E-state index is -0.733. The third-order valence-corrected chi connectivity index (χ3v) is 6.11. The predicted molar refractivity (Wildman–Crippen MR) is 112 cm³/mol. The van der Waals surface area contributed by atoms with E-state index >= 15 is 0 Å². The van der Waals surface area contributed by atoms with E-state index < -0.39 is 5.97 Å². The standard InChI is InChI=1S/C22H27FN2O2S/c1-15-13-20-17(14-18(15)23)22(24-12-8-4-3-5-11-21(26)27)16-9-6-7-10-19(16)25(2)28-20/h6-7,9-10,13-14,22,24H,3-5,8,11-12H2,1-2H3,(H,26,27). The first-order chi connectivity index (χ1) is 13.5. The summed E-state index contributed by atoms with van der Waals surface area (Å²) in [7, 11) is 2.04. The van der Waals surface area contributed by atoms with Gasteiger partial charge in [-0.15, -0.1) is 0 Å². The average molecular weight is 403 g/mol. The maximum atomic E-state index is 14.4. The van der Waals surface area contributed by atoms with Crippen LogP contribution in [-0.2, 0) is 4.79 Å². The number of hydrogen-bond donors (Lipinski definition) is 2. The molecular weight excluding hydrogens is 375 g/mol. The Bertz CT molecular complexity index is 843. The topological polar surface area (TPSA) is 52.6 Å². The van der Waals surface area contributed by atoms with Gasteiger partial charge in [-0.25, -0.2) is 4.39 Å². The van der Waals surface area contributed by atoms with Gasteiger partial charge in [0.1, 0.15) is 5.82 Å². The lowest BCUT2D eigenvalue weighted by molar-refractivity contribution is -0.137. The molecule has 0 radical (unpaired) electrons. The number of rotatable bonds is 8. The van der Waals surface area contributed by atoms with Crippen LogP contribution in [0.4, 0.5) is 10.1 Å². The number of carboxylic acid groups (broad SMARTS) is 1. The fraction of sp³-hybridized carbons (Fsp3) is 0.409. The molecule has 0 aromatic heterocycles. The van der Waals surface area contributed by atoms with Crippen LogP contribution in [0.2, 0.25) is 0 Å². The van der Waals surface area contributed by atoms with Crippen LogP contribution in [0.3, 0.4) is 0 Å². The number of aryl methyl sites for hydroxylation is 1. The van der Waals surface area contributed by atoms with E-state index in [9.17, 15) is 9.18 Å². The SMILES string of the molecule is Cc1cc2c(cc1F)C(NCCCCCCC(=O)O)c1ccccc1N(C)S2. The Kier molecular flexibility index (Phi) is 6.97. The Morgan fingerprint density at radius 2 is 1.93 bits per heavy atom. The summed E-state index contributed by atoms with van der Waals surface area (Å²) >= 11 is 1.63. The Balaban J connectivity index is 1.76. The van der Waals surface area contributed by atoms with Crippen LogP contribution in [-0.4, -0.2) is 24.7 Å². The summed E-state index contributed by atoms with van der Waals surface area (Å²) < 4.78 is 16.5. The van der Waals surface area contributed by atoms with Crippen LogP contribution in [0, 0.1) is 12.7 Å². The van der Waals surface area contributed by atoms with Gasteiger partial charge < -0.3 is 14.7 Å². The Morgan fingerprint density at radius 3 is 2.71 bits per heavy atom. The molecular formula is C22H27FN2O2S. The van der Waals surface area contributed by atoms with Crippen LogP contribution in [0.25, 0.3) is 0 Å². The van der Waals surface area contributed by atoms with Crippen LogP contribution in [0.15, 0.2) is 41.3 Å². The van der Waals surface area contributed by atoms with E-state index in [1.807, 2.05) is 25.2 Å². The summed E-state index contributed by atoms with van der Waals surface area (Å²) in [6, 6.07) is 11.8. The lowest BCUT2D eigenvalue weighted by atomic mass is 9.95. The molecule has 4 nitrogen and oxygen atoms in total. The fourth-order valence-electron chi connectivity index (χ4n) is 3.58. The van der Waals surface area contributed by atoms with Crippen molar-refractivity contribution in [1.82, 2.24) is 5.32 Å². The largest absolute Gasteiger partial charge is 0.481 e. The van der Waals surface area contributed by atoms with Crippen molar-refractivity contribution in [1.29, 1.82) is 0 Å². The van der Waals surface area contributed by atoms with Gasteiger partial charge in [0.25, 0.3) is 0 Å². The zero-order valence-electron chi connectivity index (χ0n) is 16.4. The van der Waals surface area contributed by atoms with Crippen molar-refractivity contribution in [2.75, 3.05) is 17.9 Å². The molecule has 150 valence electrons. The van der Waals surface area contributed by atoms with Crippen molar-refractivity contribution in [3.63, 3.8) is 0 Å². The van der Waals surface area contributed by atoms with Crippen molar-refractivity contribution >= 4 is 23.6 Å². The Morgan fingerprint density at radius 1 is 1.18 bits per heavy atom. The average Bonchev–Trinajstić information content (AvgIpc) is 2.77. The Labute approximate surface area is 170 Å². The number of aliphatic carboxylic acids is 1. The second-order valence-corrected chi connectivity index (χ2v) is 8.40. The van der Waals surface area contributed by atoms with E-state index in [2.05, 4.69) is 21.8 Å². The maximum absolute atomic E-state index is 14.4. The highest BCUT2D eigenvalue weighted by Gasteiger charge is 2.27. The van der Waals surface area contributed by atoms with Gasteiger partial charge in [-0.1, -0.05) is 31.0 Å². The molecule has 1 heterocycles. The zero-order valence-corrected chi connectivity index (χ0v) is 17.2. The van der Waals surface area contributed by atoms with Crippen molar-refractivity contribution in [2.45, 2.75) is 50.0 Å². The molecule has 2 N–H and O–H groups in total. The first-order valence-electron chi connectivity index (χ1n) is 9.73. The lowest BCUT2D eigenvalue weighted by Gasteiger charge is -2.22. The summed E-state index contributed by atoms with van der Waals surface area (Å²) in [5.41, 5.74) is 3.89. The second kappa shape index (κ2) is 9.43. The first kappa shape index (κ1) is 20.7. The third kappa shape index (κ3) is 4.86. The van der Waals surface area contributed by atoms with E-state index in [1.165, 1.54) is 0 Å². The number of unbranched alkanes of at least 4 members (excludes halogenated alkanes) is 3. The molecule has 0 saturated carbocycles. The van der Waals surface area contributed by atoms with Crippen LogP contribution in [0.5, 0.6) is 0 Å². The lowest BCUT2D eigenvalue weighted by Crippen LogP contribution is -2.24. The van der Waals surface area contributed by atoms with Gasteiger partial charge in [0.2, 0.25) is 0 Å². The van der Waals surface area contributed by atoms with Crippen LogP contribution >= 0.6 is 11.9 Å². The molecule has 2 aromatic carbocycles. The summed E-state index contributed by atoms with van der Waals surface area (Å²) in [6.07, 6.45) is 3.82. The maximum Gasteiger partial charge on any atom is 0.303 e. The molecule has 1 atom stereocenters. The van der Waals surface area contributed by atoms with Gasteiger partial charge in [-0.3, -0.25) is 4.79 Å². The minimum Gasteiger partial charge on any atom is -0.481 e. The number of halogens is 1. The molecule has 0 fully saturated rings. The number of nitrogens with zero attached hydrogens (tertiary/aromatic N) is 1. The van der Waals surface area contributed by atoms with Gasteiger partial charge >= 0.3 is 5.97 Å². The number of fused-ring (bicyclic) bond motifs is 2. The van der Waals surface area contributed by atoms with E-state index in [0.717, 1.165) is 53.9 Å². The molecule has 2 aromatic rings. The molecule has 0 amide bonds. The number of hydrogen-bond acceptors (Lipinski definition) is 4. The summed E-state index contributed by atoms with van der Waals surface area (Å²) in [4.78, 5) is 11.7. The van der Waals surface area contributed by atoms with E-state index in [-0.39, 0.29) is 18.3 Å². The summed E-state index contributed by atoms with van der Waals surface area (Å²) in [6.45, 7) is 2.60. The molecule has 0 aliphatic carbocycles. The Hall–Kier alpha value is -2.05. The van der Waals surface area contributed by atoms with Crippen LogP contribution in [0.1, 0.15) is 54.8 Å². The summed E-state index contributed by atoms with van der Waals surface area (Å²) in [5.74, 6) is -0.911. The van der Waals surface area contributed by atoms with Crippen molar-refractivity contribution in [3.8, 4) is 0 Å². The normalized spacial score (nSPS) is 15.7. The quantitative estimate of drug-likeness (QED) is 0.463.